The summed E-state index contributed by atoms with van der Waals surface area (Å²) in [6, 6.07) is -0.512. The summed E-state index contributed by atoms with van der Waals surface area (Å²) in [6.45, 7) is 2.33. The molecule has 0 unspecified atom stereocenters. The Labute approximate surface area is 99.7 Å². The molecule has 1 saturated heterocycles. The second-order valence-corrected chi connectivity index (χ2v) is 3.62. The van der Waals surface area contributed by atoms with Gasteiger partial charge in [0.25, 0.3) is 6.43 Å². The van der Waals surface area contributed by atoms with E-state index in [0.29, 0.717) is 13.2 Å². The van der Waals surface area contributed by atoms with Crippen molar-refractivity contribution in [3.05, 3.63) is 0 Å². The third-order valence-electron chi connectivity index (χ3n) is 2.37. The molecule has 1 aliphatic rings. The average Bonchev–Trinajstić information content (AvgIpc) is 2.16. The summed E-state index contributed by atoms with van der Waals surface area (Å²) >= 11 is 0. The van der Waals surface area contributed by atoms with Crippen molar-refractivity contribution >= 4 is 18.3 Å². The summed E-state index contributed by atoms with van der Waals surface area (Å²) in [5.74, 6) is -0.345. The first kappa shape index (κ1) is 15.5. The van der Waals surface area contributed by atoms with Crippen LogP contribution in [-0.2, 0) is 9.53 Å². The molecule has 0 aliphatic carbocycles. The number of likely N-dealkylation sites (N-methyl/N-ethyl adjacent to an activating group) is 1. The van der Waals surface area contributed by atoms with Crippen LogP contribution in [0.25, 0.3) is 0 Å². The highest BCUT2D eigenvalue weighted by Gasteiger charge is 2.31. The molecule has 0 spiro atoms. The van der Waals surface area contributed by atoms with Crippen molar-refractivity contribution < 1.29 is 18.3 Å². The van der Waals surface area contributed by atoms with Gasteiger partial charge in [0.05, 0.1) is 19.3 Å². The number of nitrogens with zero attached hydrogens (tertiary/aromatic N) is 1. The first-order valence-corrected chi connectivity index (χ1v) is 4.90. The number of carbonyl (C=O) groups excluding carboxylic acids is 1. The lowest BCUT2D eigenvalue weighted by Crippen LogP contribution is -2.56. The van der Waals surface area contributed by atoms with E-state index in [-0.39, 0.29) is 24.4 Å². The average molecular weight is 259 g/mol. The van der Waals surface area contributed by atoms with Gasteiger partial charge >= 0.3 is 0 Å². The molecule has 0 aromatic heterocycles. The van der Waals surface area contributed by atoms with Crippen molar-refractivity contribution in [3.8, 4) is 0 Å². The first-order chi connectivity index (χ1) is 7.02. The molecule has 7 heteroatoms. The number of morpholine rings is 1. The van der Waals surface area contributed by atoms with E-state index in [1.807, 2.05) is 0 Å². The summed E-state index contributed by atoms with van der Waals surface area (Å²) < 4.78 is 29.4. The molecule has 96 valence electrons. The van der Waals surface area contributed by atoms with Crippen molar-refractivity contribution in [2.75, 3.05) is 26.7 Å². The van der Waals surface area contributed by atoms with Crippen LogP contribution >= 0.6 is 12.4 Å². The smallest absolute Gasteiger partial charge is 0.255 e. The summed E-state index contributed by atoms with van der Waals surface area (Å²) in [5, 5.41) is 2.96. The quantitative estimate of drug-likeness (QED) is 0.802. The highest BCUT2D eigenvalue weighted by atomic mass is 35.5. The SMILES string of the molecule is C[C@H]1OCCN[C@@H]1C(=O)N(C)CC(F)F.Cl. The predicted molar refractivity (Wildman–Crippen MR) is 58.1 cm³/mol. The van der Waals surface area contributed by atoms with E-state index in [1.54, 1.807) is 6.92 Å². The van der Waals surface area contributed by atoms with Gasteiger partial charge in [0.15, 0.2) is 0 Å². The Morgan fingerprint density at radius 3 is 2.75 bits per heavy atom. The lowest BCUT2D eigenvalue weighted by molar-refractivity contribution is -0.139. The maximum absolute atomic E-state index is 12.1. The van der Waals surface area contributed by atoms with E-state index in [2.05, 4.69) is 5.32 Å². The molecule has 16 heavy (non-hydrogen) atoms. The fourth-order valence-corrected chi connectivity index (χ4v) is 1.54. The fourth-order valence-electron chi connectivity index (χ4n) is 1.54. The molecule has 4 nitrogen and oxygen atoms in total. The van der Waals surface area contributed by atoms with E-state index in [1.165, 1.54) is 7.05 Å². The van der Waals surface area contributed by atoms with Crippen LogP contribution in [0.15, 0.2) is 0 Å². The van der Waals surface area contributed by atoms with Gasteiger partial charge in [-0.25, -0.2) is 8.78 Å². The molecule has 0 bridgehead atoms. The van der Waals surface area contributed by atoms with Crippen molar-refractivity contribution in [3.63, 3.8) is 0 Å². The van der Waals surface area contributed by atoms with Crippen LogP contribution in [0, 0.1) is 0 Å². The summed E-state index contributed by atoms with van der Waals surface area (Å²) in [4.78, 5) is 12.7. The number of ether oxygens (including phenoxy) is 1. The second kappa shape index (κ2) is 6.98. The van der Waals surface area contributed by atoms with E-state index in [9.17, 15) is 13.6 Å². The highest BCUT2D eigenvalue weighted by Crippen LogP contribution is 2.08. The number of carbonyl (C=O) groups is 1. The van der Waals surface area contributed by atoms with E-state index >= 15 is 0 Å². The highest BCUT2D eigenvalue weighted by molar-refractivity contribution is 5.85. The Morgan fingerprint density at radius 1 is 1.62 bits per heavy atom. The minimum absolute atomic E-state index is 0. The van der Waals surface area contributed by atoms with Crippen LogP contribution in [0.5, 0.6) is 0 Å². The molecule has 1 heterocycles. The van der Waals surface area contributed by atoms with Crippen molar-refractivity contribution in [2.45, 2.75) is 25.5 Å². The molecule has 0 aromatic rings. The Balaban J connectivity index is 0.00000225. The minimum Gasteiger partial charge on any atom is -0.375 e. The van der Waals surface area contributed by atoms with Crippen molar-refractivity contribution in [2.24, 2.45) is 0 Å². The van der Waals surface area contributed by atoms with Gasteiger partial charge in [-0.1, -0.05) is 0 Å². The zero-order chi connectivity index (χ0) is 11.4. The molecule has 2 atom stereocenters. The van der Waals surface area contributed by atoms with Gasteiger partial charge in [-0.05, 0) is 6.92 Å². The van der Waals surface area contributed by atoms with E-state index in [0.717, 1.165) is 4.90 Å². The third-order valence-corrected chi connectivity index (χ3v) is 2.37. The Morgan fingerprint density at radius 2 is 2.25 bits per heavy atom. The maximum Gasteiger partial charge on any atom is 0.255 e. The number of alkyl halides is 2. The lowest BCUT2D eigenvalue weighted by Gasteiger charge is -2.32. The number of rotatable bonds is 3. The zero-order valence-corrected chi connectivity index (χ0v) is 10.1. The summed E-state index contributed by atoms with van der Waals surface area (Å²) in [5.41, 5.74) is 0. The fraction of sp³-hybridized carbons (Fsp3) is 0.889. The van der Waals surface area contributed by atoms with Crippen LogP contribution in [0.3, 0.4) is 0 Å². The first-order valence-electron chi connectivity index (χ1n) is 4.90. The molecular formula is C9H17ClF2N2O2. The standard InChI is InChI=1S/C9H16F2N2O2.ClH/c1-6-8(12-3-4-15-6)9(14)13(2)5-7(10)11;/h6-8,12H,3-5H2,1-2H3;1H/t6-,8+;/m1./s1. The molecule has 1 fully saturated rings. The number of hydrogen-bond acceptors (Lipinski definition) is 3. The predicted octanol–water partition coefficient (Wildman–Crippen LogP) is 0.509. The van der Waals surface area contributed by atoms with Crippen LogP contribution in [0.4, 0.5) is 8.78 Å². The summed E-state index contributed by atoms with van der Waals surface area (Å²) in [6.07, 6.45) is -2.77. The van der Waals surface area contributed by atoms with E-state index in [4.69, 9.17) is 4.74 Å². The molecule has 0 aromatic carbocycles. The van der Waals surface area contributed by atoms with Crippen molar-refractivity contribution in [1.29, 1.82) is 0 Å². The Kier molecular flexibility index (Phi) is 6.78. The molecule has 0 radical (unpaired) electrons. The van der Waals surface area contributed by atoms with Crippen molar-refractivity contribution in [1.82, 2.24) is 10.2 Å². The lowest BCUT2D eigenvalue weighted by atomic mass is 10.1. The molecule has 0 saturated carbocycles. The normalized spacial score (nSPS) is 25.1. The van der Waals surface area contributed by atoms with Gasteiger partial charge in [0.1, 0.15) is 6.04 Å². The Hall–Kier alpha value is -0.460. The largest absolute Gasteiger partial charge is 0.375 e. The number of nitrogens with one attached hydrogen (secondary N) is 1. The second-order valence-electron chi connectivity index (χ2n) is 3.62. The van der Waals surface area contributed by atoms with Gasteiger partial charge in [0.2, 0.25) is 5.91 Å². The molecule has 1 amide bonds. The topological polar surface area (TPSA) is 41.6 Å². The third kappa shape index (κ3) is 4.19. The van der Waals surface area contributed by atoms with Crippen LogP contribution < -0.4 is 5.32 Å². The number of amides is 1. The molecule has 1 aliphatic heterocycles. The van der Waals surface area contributed by atoms with Crippen LogP contribution in [-0.4, -0.2) is 56.1 Å². The zero-order valence-electron chi connectivity index (χ0n) is 9.28. The molecular weight excluding hydrogens is 242 g/mol. The molecule has 1 rings (SSSR count). The number of halogens is 3. The van der Waals surface area contributed by atoms with Gasteiger partial charge < -0.3 is 15.0 Å². The molecule has 1 N–H and O–H groups in total. The van der Waals surface area contributed by atoms with Gasteiger partial charge in [-0.15, -0.1) is 12.4 Å². The monoisotopic (exact) mass is 258 g/mol. The van der Waals surface area contributed by atoms with E-state index < -0.39 is 19.0 Å². The van der Waals surface area contributed by atoms with Gasteiger partial charge in [0, 0.05) is 13.6 Å². The minimum atomic E-state index is -2.50. The maximum atomic E-state index is 12.1. The number of hydrogen-bond donors (Lipinski definition) is 1. The Bertz CT molecular complexity index is 232. The van der Waals surface area contributed by atoms with Gasteiger partial charge in [-0.2, -0.15) is 0 Å². The van der Waals surface area contributed by atoms with Crippen LogP contribution in [0.1, 0.15) is 6.92 Å². The van der Waals surface area contributed by atoms with Crippen LogP contribution in [0.2, 0.25) is 0 Å². The summed E-state index contributed by atoms with van der Waals surface area (Å²) in [7, 11) is 1.37. The van der Waals surface area contributed by atoms with Gasteiger partial charge in [-0.3, -0.25) is 4.79 Å².